The number of halogens is 1. The molecule has 0 fully saturated rings. The lowest BCUT2D eigenvalue weighted by molar-refractivity contribution is 0.483. The number of ether oxygens (including phenoxy) is 1. The summed E-state index contributed by atoms with van der Waals surface area (Å²) in [6, 6.07) is 33.7. The van der Waals surface area contributed by atoms with E-state index in [-0.39, 0.29) is 0 Å². The van der Waals surface area contributed by atoms with Crippen LogP contribution in [0.1, 0.15) is 30.9 Å². The van der Waals surface area contributed by atoms with E-state index >= 15 is 0 Å². The van der Waals surface area contributed by atoms with Crippen LogP contribution in [-0.2, 0) is 0 Å². The fraction of sp³-hybridized carbons (Fsp3) is 0.150. The minimum atomic E-state index is 0.553. The van der Waals surface area contributed by atoms with Crippen molar-refractivity contribution in [1.29, 1.82) is 0 Å². The molecule has 9 rings (SSSR count). The molecule has 0 spiro atoms. The number of aromatic nitrogens is 2. The van der Waals surface area contributed by atoms with Crippen LogP contribution < -0.4 is 10.1 Å². The zero-order chi connectivity index (χ0) is 31.8. The van der Waals surface area contributed by atoms with Crippen molar-refractivity contribution in [2.75, 3.05) is 11.9 Å². The van der Waals surface area contributed by atoms with E-state index in [1.807, 2.05) is 53.8 Å². The number of anilines is 1. The van der Waals surface area contributed by atoms with Crippen molar-refractivity contribution in [2.45, 2.75) is 33.6 Å². The van der Waals surface area contributed by atoms with E-state index in [0.717, 1.165) is 63.9 Å². The summed E-state index contributed by atoms with van der Waals surface area (Å²) < 4.78 is 18.7. The number of benzene rings is 5. The van der Waals surface area contributed by atoms with E-state index in [1.165, 1.54) is 36.9 Å². The van der Waals surface area contributed by atoms with Crippen LogP contribution in [-0.4, -0.2) is 15.5 Å². The number of para-hydroxylation sites is 1. The van der Waals surface area contributed by atoms with Gasteiger partial charge in [-0.2, -0.15) is 0 Å². The molecule has 0 unspecified atom stereocenters. The van der Waals surface area contributed by atoms with Crippen LogP contribution in [0.15, 0.2) is 101 Å². The van der Waals surface area contributed by atoms with Gasteiger partial charge in [0.15, 0.2) is 0 Å². The minimum absolute atomic E-state index is 0.553. The first kappa shape index (κ1) is 28.3. The van der Waals surface area contributed by atoms with Gasteiger partial charge in [-0.3, -0.25) is 8.97 Å². The van der Waals surface area contributed by atoms with Crippen molar-refractivity contribution in [1.82, 2.24) is 8.97 Å². The van der Waals surface area contributed by atoms with Gasteiger partial charge in [0.1, 0.15) is 38.2 Å². The third kappa shape index (κ3) is 4.43. The molecule has 4 aromatic heterocycles. The van der Waals surface area contributed by atoms with Crippen molar-refractivity contribution in [3.05, 3.63) is 113 Å². The Labute approximate surface area is 280 Å². The van der Waals surface area contributed by atoms with Gasteiger partial charge in [0.2, 0.25) is 0 Å². The third-order valence-electron chi connectivity index (χ3n) is 9.13. The van der Waals surface area contributed by atoms with Gasteiger partial charge < -0.3 is 14.5 Å². The van der Waals surface area contributed by atoms with Crippen LogP contribution in [0.3, 0.4) is 0 Å². The Hall–Kier alpha value is -4.91. The molecule has 0 saturated carbocycles. The fourth-order valence-electron chi connectivity index (χ4n) is 7.04. The standard InChI is InChI=1S/C40H32ClN3O2S/c1-4-5-16-42-25-19-31(38(41)35(20-25)45-26-14-15-34-29(21-26)27-10-6-8-12-33(27)46-34)43-37-22-30-28-11-7-9-13-36(28)47-40(30)44(37)32-18-23(2)17-24(3)39(32)43/h6-15,17-22,42H,4-5,16H2,1-3H3. The molecule has 5 aromatic carbocycles. The average Bonchev–Trinajstić information content (AvgIpc) is 3.80. The highest BCUT2D eigenvalue weighted by Gasteiger charge is 2.23. The maximum absolute atomic E-state index is 7.43. The summed E-state index contributed by atoms with van der Waals surface area (Å²) >= 11 is 9.26. The molecule has 1 N–H and O–H groups in total. The first-order valence-corrected chi connectivity index (χ1v) is 17.3. The number of imidazole rings is 1. The summed E-state index contributed by atoms with van der Waals surface area (Å²) in [6.07, 6.45) is 2.17. The Balaban J connectivity index is 1.28. The SMILES string of the molecule is CCCCNc1cc(Oc2ccc3oc4ccccc4c3c2)c(Cl)c(-n2c3c(C)cc(C)cc3n3c4sc5ccccc5c4cc23)c1. The van der Waals surface area contributed by atoms with Gasteiger partial charge in [-0.1, -0.05) is 67.4 Å². The van der Waals surface area contributed by atoms with Gasteiger partial charge in [0.25, 0.3) is 0 Å². The molecule has 0 radical (unpaired) electrons. The topological polar surface area (TPSA) is 43.7 Å². The van der Waals surface area contributed by atoms with Crippen molar-refractivity contribution in [2.24, 2.45) is 0 Å². The number of nitrogens with zero attached hydrogens (tertiary/aromatic N) is 2. The van der Waals surface area contributed by atoms with Crippen LogP contribution in [0.5, 0.6) is 11.5 Å². The second-order valence-electron chi connectivity index (χ2n) is 12.4. The van der Waals surface area contributed by atoms with Crippen LogP contribution >= 0.6 is 22.9 Å². The number of hydrogen-bond donors (Lipinski definition) is 1. The summed E-state index contributed by atoms with van der Waals surface area (Å²) in [5, 5.41) is 8.79. The smallest absolute Gasteiger partial charge is 0.150 e. The molecule has 232 valence electrons. The van der Waals surface area contributed by atoms with Gasteiger partial charge in [-0.15, -0.1) is 11.3 Å². The van der Waals surface area contributed by atoms with Gasteiger partial charge in [-0.25, -0.2) is 0 Å². The summed E-state index contributed by atoms with van der Waals surface area (Å²) in [5.74, 6) is 1.30. The maximum Gasteiger partial charge on any atom is 0.150 e. The molecule has 0 aliphatic carbocycles. The van der Waals surface area contributed by atoms with Crippen molar-refractivity contribution in [3.8, 4) is 17.2 Å². The molecular formula is C40H32ClN3O2S. The number of thiophene rings is 1. The second-order valence-corrected chi connectivity index (χ2v) is 13.8. The van der Waals surface area contributed by atoms with Crippen molar-refractivity contribution < 1.29 is 9.15 Å². The lowest BCUT2D eigenvalue weighted by atomic mass is 10.1. The summed E-state index contributed by atoms with van der Waals surface area (Å²) in [7, 11) is 0. The summed E-state index contributed by atoms with van der Waals surface area (Å²) in [5.41, 5.74) is 9.32. The number of aryl methyl sites for hydroxylation is 2. The van der Waals surface area contributed by atoms with Gasteiger partial charge >= 0.3 is 0 Å². The highest BCUT2D eigenvalue weighted by atomic mass is 35.5. The first-order valence-electron chi connectivity index (χ1n) is 16.1. The number of hydrogen-bond acceptors (Lipinski definition) is 4. The molecular weight excluding hydrogens is 622 g/mol. The predicted octanol–water partition coefficient (Wildman–Crippen LogP) is 12.4. The summed E-state index contributed by atoms with van der Waals surface area (Å²) in [4.78, 5) is 1.24. The highest BCUT2D eigenvalue weighted by molar-refractivity contribution is 7.25. The van der Waals surface area contributed by atoms with Gasteiger partial charge in [0.05, 0.1) is 16.7 Å². The van der Waals surface area contributed by atoms with E-state index in [0.29, 0.717) is 16.5 Å². The molecule has 0 atom stereocenters. The van der Waals surface area contributed by atoms with E-state index in [1.54, 1.807) is 0 Å². The van der Waals surface area contributed by atoms with Gasteiger partial charge in [-0.05, 0) is 79.9 Å². The average molecular weight is 654 g/mol. The zero-order valence-electron chi connectivity index (χ0n) is 26.4. The maximum atomic E-state index is 7.43. The number of rotatable bonds is 7. The Morgan fingerprint density at radius 1 is 0.830 bits per heavy atom. The molecule has 0 amide bonds. The number of unbranched alkanes of at least 4 members (excludes halogenated alkanes) is 1. The van der Waals surface area contributed by atoms with Crippen LogP contribution in [0.2, 0.25) is 5.02 Å². The van der Waals surface area contributed by atoms with E-state index in [2.05, 4.69) is 89.7 Å². The first-order chi connectivity index (χ1) is 23.0. The molecule has 0 aliphatic rings. The molecule has 0 saturated heterocycles. The van der Waals surface area contributed by atoms with E-state index in [9.17, 15) is 0 Å². The van der Waals surface area contributed by atoms with Crippen molar-refractivity contribution in [3.63, 3.8) is 0 Å². The van der Waals surface area contributed by atoms with Gasteiger partial charge in [0, 0.05) is 44.5 Å². The molecule has 4 heterocycles. The van der Waals surface area contributed by atoms with Crippen LogP contribution in [0, 0.1) is 13.8 Å². The lowest BCUT2D eigenvalue weighted by Crippen LogP contribution is -2.04. The molecule has 47 heavy (non-hydrogen) atoms. The quantitative estimate of drug-likeness (QED) is 0.174. The Kier molecular flexibility index (Phi) is 6.53. The lowest BCUT2D eigenvalue weighted by Gasteiger charge is -2.17. The Bertz CT molecular complexity index is 2670. The monoisotopic (exact) mass is 653 g/mol. The highest BCUT2D eigenvalue weighted by Crippen LogP contribution is 2.44. The molecule has 0 bridgehead atoms. The Morgan fingerprint density at radius 3 is 2.51 bits per heavy atom. The van der Waals surface area contributed by atoms with Crippen molar-refractivity contribution >= 4 is 87.5 Å². The predicted molar refractivity (Wildman–Crippen MR) is 199 cm³/mol. The fourth-order valence-corrected chi connectivity index (χ4v) is 8.47. The number of nitrogens with one attached hydrogen (secondary N) is 1. The normalized spacial score (nSPS) is 12.1. The third-order valence-corrected chi connectivity index (χ3v) is 10.7. The summed E-state index contributed by atoms with van der Waals surface area (Å²) in [6.45, 7) is 7.41. The molecule has 0 aliphatic heterocycles. The number of fused-ring (bicyclic) bond motifs is 10. The van der Waals surface area contributed by atoms with E-state index < -0.39 is 0 Å². The van der Waals surface area contributed by atoms with E-state index in [4.69, 9.17) is 20.8 Å². The molecule has 7 heteroatoms. The largest absolute Gasteiger partial charge is 0.456 e. The molecule has 9 aromatic rings. The zero-order valence-corrected chi connectivity index (χ0v) is 27.9. The van der Waals surface area contributed by atoms with Crippen LogP contribution in [0.25, 0.3) is 64.6 Å². The molecule has 5 nitrogen and oxygen atoms in total. The second kappa shape index (κ2) is 10.8. The van der Waals surface area contributed by atoms with Crippen LogP contribution in [0.4, 0.5) is 5.69 Å². The minimum Gasteiger partial charge on any atom is -0.456 e. The Morgan fingerprint density at radius 2 is 1.64 bits per heavy atom. The number of furan rings is 1.